The summed E-state index contributed by atoms with van der Waals surface area (Å²) >= 11 is 0. The Labute approximate surface area is 99.8 Å². The molecule has 1 fully saturated rings. The summed E-state index contributed by atoms with van der Waals surface area (Å²) in [6, 6.07) is 7.04. The van der Waals surface area contributed by atoms with Crippen LogP contribution in [0.5, 0.6) is 0 Å². The van der Waals surface area contributed by atoms with Crippen LogP contribution in [0, 0.1) is 0 Å². The fourth-order valence-corrected chi connectivity index (χ4v) is 1.86. The van der Waals surface area contributed by atoms with Gasteiger partial charge in [-0.3, -0.25) is 0 Å². The maximum absolute atomic E-state index is 11.2. The molecule has 1 aliphatic rings. The lowest BCUT2D eigenvalue weighted by Gasteiger charge is -2.12. The van der Waals surface area contributed by atoms with Crippen LogP contribution in [-0.2, 0) is 9.57 Å². The first-order valence-electron chi connectivity index (χ1n) is 5.66. The number of carbonyl (C=O) groups excluding carboxylic acids is 1. The molecule has 1 saturated heterocycles. The summed E-state index contributed by atoms with van der Waals surface area (Å²) in [6.07, 6.45) is 2.46. The van der Waals surface area contributed by atoms with E-state index in [0.717, 1.165) is 31.7 Å². The maximum atomic E-state index is 11.2. The van der Waals surface area contributed by atoms with Crippen molar-refractivity contribution in [3.8, 4) is 0 Å². The number of carbonyl (C=O) groups is 1. The van der Waals surface area contributed by atoms with Crippen LogP contribution in [0.15, 0.2) is 24.3 Å². The summed E-state index contributed by atoms with van der Waals surface area (Å²) in [6.45, 7) is 1.59. The second kappa shape index (κ2) is 5.65. The number of nitrogens with two attached hydrogens (primary N) is 1. The maximum Gasteiger partial charge on any atom is 0.356 e. The highest BCUT2D eigenvalue weighted by molar-refractivity contribution is 5.90. The molecule has 5 nitrogen and oxygen atoms in total. The molecule has 2 rings (SSSR count). The van der Waals surface area contributed by atoms with E-state index in [0.29, 0.717) is 5.56 Å². The predicted octanol–water partition coefficient (Wildman–Crippen LogP) is 1.31. The minimum absolute atomic E-state index is 0.264. The third-order valence-corrected chi connectivity index (χ3v) is 2.76. The van der Waals surface area contributed by atoms with Crippen LogP contribution in [-0.4, -0.2) is 25.2 Å². The van der Waals surface area contributed by atoms with E-state index in [-0.39, 0.29) is 6.10 Å². The van der Waals surface area contributed by atoms with Crippen molar-refractivity contribution < 1.29 is 14.4 Å². The second-order valence-electron chi connectivity index (χ2n) is 4.00. The van der Waals surface area contributed by atoms with Crippen LogP contribution in [0.1, 0.15) is 23.2 Å². The van der Waals surface area contributed by atoms with Crippen molar-refractivity contribution in [2.75, 3.05) is 18.5 Å². The van der Waals surface area contributed by atoms with Gasteiger partial charge in [0.2, 0.25) is 0 Å². The summed E-state index contributed by atoms with van der Waals surface area (Å²) in [7, 11) is 0. The molecule has 0 radical (unpaired) electrons. The zero-order valence-electron chi connectivity index (χ0n) is 9.52. The Morgan fingerprint density at radius 3 is 3.18 bits per heavy atom. The summed E-state index contributed by atoms with van der Waals surface area (Å²) < 4.78 is 5.50. The Morgan fingerprint density at radius 2 is 2.47 bits per heavy atom. The highest BCUT2D eigenvalue weighted by atomic mass is 16.7. The number of benzene rings is 1. The van der Waals surface area contributed by atoms with Crippen molar-refractivity contribution >= 4 is 11.7 Å². The summed E-state index contributed by atoms with van der Waals surface area (Å²) in [5, 5.41) is 3.23. The largest absolute Gasteiger partial charge is 0.382 e. The first-order valence-corrected chi connectivity index (χ1v) is 5.66. The molecule has 17 heavy (non-hydrogen) atoms. The second-order valence-corrected chi connectivity index (χ2v) is 4.00. The van der Waals surface area contributed by atoms with E-state index in [9.17, 15) is 4.79 Å². The molecular formula is C12H16N2O3. The summed E-state index contributed by atoms with van der Waals surface area (Å²) in [4.78, 5) is 15.4. The van der Waals surface area contributed by atoms with Gasteiger partial charge in [-0.05, 0) is 31.0 Å². The Morgan fingerprint density at radius 1 is 1.59 bits per heavy atom. The number of hydrogen-bond donors (Lipinski definition) is 2. The van der Waals surface area contributed by atoms with Crippen molar-refractivity contribution in [2.45, 2.75) is 18.9 Å². The van der Waals surface area contributed by atoms with E-state index in [4.69, 9.17) is 10.6 Å². The summed E-state index contributed by atoms with van der Waals surface area (Å²) in [5.74, 6) is 4.30. The quantitative estimate of drug-likeness (QED) is 0.771. The third kappa shape index (κ3) is 3.18. The van der Waals surface area contributed by atoms with Crippen molar-refractivity contribution in [3.05, 3.63) is 29.8 Å². The molecule has 1 heterocycles. The SMILES string of the molecule is NOC(=O)c1cccc(NC[C@@H]2CCCO2)c1. The number of nitrogens with one attached hydrogen (secondary N) is 1. The standard InChI is InChI=1S/C12H16N2O3/c13-17-12(15)9-3-1-4-10(7-9)14-8-11-5-2-6-16-11/h1,3-4,7,11,14H,2,5-6,8,13H2/t11-/m0/s1. The molecule has 1 aromatic carbocycles. The van der Waals surface area contributed by atoms with Crippen LogP contribution in [0.2, 0.25) is 0 Å². The molecular weight excluding hydrogens is 220 g/mol. The van der Waals surface area contributed by atoms with Crippen LogP contribution in [0.3, 0.4) is 0 Å². The predicted molar refractivity (Wildman–Crippen MR) is 63.5 cm³/mol. The van der Waals surface area contributed by atoms with Crippen molar-refractivity contribution in [1.29, 1.82) is 0 Å². The molecule has 3 N–H and O–H groups in total. The zero-order chi connectivity index (χ0) is 12.1. The topological polar surface area (TPSA) is 73.6 Å². The van der Waals surface area contributed by atoms with Gasteiger partial charge in [-0.1, -0.05) is 6.07 Å². The van der Waals surface area contributed by atoms with E-state index < -0.39 is 5.97 Å². The lowest BCUT2D eigenvalue weighted by molar-refractivity contribution is 0.0503. The average Bonchev–Trinajstić information content (AvgIpc) is 2.89. The first-order chi connectivity index (χ1) is 8.29. The molecule has 0 saturated carbocycles. The van der Waals surface area contributed by atoms with E-state index in [2.05, 4.69) is 10.2 Å². The van der Waals surface area contributed by atoms with Crippen molar-refractivity contribution in [2.24, 2.45) is 5.90 Å². The van der Waals surface area contributed by atoms with Gasteiger partial charge < -0.3 is 14.9 Å². The number of ether oxygens (including phenoxy) is 1. The van der Waals surface area contributed by atoms with E-state index in [1.54, 1.807) is 18.2 Å². The van der Waals surface area contributed by atoms with Crippen molar-refractivity contribution in [1.82, 2.24) is 0 Å². The van der Waals surface area contributed by atoms with Gasteiger partial charge in [0.25, 0.3) is 0 Å². The highest BCUT2D eigenvalue weighted by Gasteiger charge is 2.15. The number of rotatable bonds is 4. The minimum Gasteiger partial charge on any atom is -0.382 e. The van der Waals surface area contributed by atoms with Crippen LogP contribution in [0.4, 0.5) is 5.69 Å². The van der Waals surface area contributed by atoms with E-state index >= 15 is 0 Å². The van der Waals surface area contributed by atoms with Crippen molar-refractivity contribution in [3.63, 3.8) is 0 Å². The fourth-order valence-electron chi connectivity index (χ4n) is 1.86. The van der Waals surface area contributed by atoms with Crippen LogP contribution >= 0.6 is 0 Å². The van der Waals surface area contributed by atoms with Gasteiger partial charge in [0, 0.05) is 18.8 Å². The van der Waals surface area contributed by atoms with Gasteiger partial charge >= 0.3 is 5.97 Å². The lowest BCUT2D eigenvalue weighted by atomic mass is 10.2. The van der Waals surface area contributed by atoms with Gasteiger partial charge in [-0.25, -0.2) is 4.79 Å². The molecule has 92 valence electrons. The van der Waals surface area contributed by atoms with Gasteiger partial charge in [0.05, 0.1) is 11.7 Å². The zero-order valence-corrected chi connectivity index (χ0v) is 9.52. The molecule has 0 spiro atoms. The molecule has 0 unspecified atom stereocenters. The smallest absolute Gasteiger partial charge is 0.356 e. The monoisotopic (exact) mass is 236 g/mol. The Bertz CT molecular complexity index is 389. The molecule has 0 aliphatic carbocycles. The molecule has 5 heteroatoms. The Hall–Kier alpha value is -1.59. The normalized spacial score (nSPS) is 19.0. The van der Waals surface area contributed by atoms with Gasteiger partial charge in [0.1, 0.15) is 0 Å². The molecule has 1 aromatic rings. The minimum atomic E-state index is -0.536. The number of anilines is 1. The van der Waals surface area contributed by atoms with Crippen LogP contribution in [0.25, 0.3) is 0 Å². The van der Waals surface area contributed by atoms with Gasteiger partial charge in [0.15, 0.2) is 0 Å². The molecule has 0 bridgehead atoms. The summed E-state index contributed by atoms with van der Waals surface area (Å²) in [5.41, 5.74) is 1.30. The molecule has 0 amide bonds. The fraction of sp³-hybridized carbons (Fsp3) is 0.417. The first kappa shape index (κ1) is 11.9. The Balaban J connectivity index is 1.93. The van der Waals surface area contributed by atoms with Gasteiger partial charge in [-0.15, -0.1) is 0 Å². The van der Waals surface area contributed by atoms with Gasteiger partial charge in [-0.2, -0.15) is 5.90 Å². The molecule has 1 atom stereocenters. The third-order valence-electron chi connectivity index (χ3n) is 2.76. The Kier molecular flexibility index (Phi) is 3.95. The van der Waals surface area contributed by atoms with E-state index in [1.165, 1.54) is 0 Å². The lowest BCUT2D eigenvalue weighted by Crippen LogP contribution is -2.18. The highest BCUT2D eigenvalue weighted by Crippen LogP contribution is 2.15. The van der Waals surface area contributed by atoms with Crippen LogP contribution < -0.4 is 11.2 Å². The number of hydrogen-bond acceptors (Lipinski definition) is 5. The molecule has 1 aliphatic heterocycles. The molecule has 0 aromatic heterocycles. The average molecular weight is 236 g/mol. The van der Waals surface area contributed by atoms with E-state index in [1.807, 2.05) is 6.07 Å².